The molecule has 1 aromatic rings. The Labute approximate surface area is 100 Å². The first kappa shape index (κ1) is 11.3. The van der Waals surface area contributed by atoms with Gasteiger partial charge in [0.15, 0.2) is 0 Å². The summed E-state index contributed by atoms with van der Waals surface area (Å²) < 4.78 is 13.9. The summed E-state index contributed by atoms with van der Waals surface area (Å²) in [6, 6.07) is 2.63. The van der Waals surface area contributed by atoms with E-state index in [1.807, 2.05) is 0 Å². The molecule has 1 aliphatic carbocycles. The van der Waals surface area contributed by atoms with Gasteiger partial charge >= 0.3 is 5.69 Å². The Balaban J connectivity index is 2.27. The van der Waals surface area contributed by atoms with Crippen LogP contribution < -0.4 is 5.32 Å². The second-order valence-corrected chi connectivity index (χ2v) is 4.78. The number of nitro benzene ring substituents is 1. The van der Waals surface area contributed by atoms with E-state index in [1.165, 1.54) is 6.07 Å². The van der Waals surface area contributed by atoms with Crippen molar-refractivity contribution in [2.45, 2.75) is 12.8 Å². The predicted octanol–water partition coefficient (Wildman–Crippen LogP) is 3.32. The van der Waals surface area contributed by atoms with Crippen LogP contribution in [0.1, 0.15) is 12.8 Å². The fourth-order valence-corrected chi connectivity index (χ4v) is 1.89. The molecule has 0 aromatic heterocycles. The fourth-order valence-electron chi connectivity index (χ4n) is 1.46. The number of hydrogen-bond acceptors (Lipinski definition) is 3. The van der Waals surface area contributed by atoms with Crippen molar-refractivity contribution in [3.63, 3.8) is 0 Å². The van der Waals surface area contributed by atoms with Gasteiger partial charge < -0.3 is 5.32 Å². The first-order valence-corrected chi connectivity index (χ1v) is 5.74. The SMILES string of the molecule is O=[N+]([O-])c1c(F)cc(Br)cc1NCC1CC1. The zero-order valence-electron chi connectivity index (χ0n) is 8.37. The van der Waals surface area contributed by atoms with Gasteiger partial charge in [0.1, 0.15) is 5.69 Å². The molecule has 0 spiro atoms. The molecule has 2 rings (SSSR count). The van der Waals surface area contributed by atoms with Crippen LogP contribution in [0.15, 0.2) is 16.6 Å². The molecule has 16 heavy (non-hydrogen) atoms. The molecule has 0 saturated heterocycles. The summed E-state index contributed by atoms with van der Waals surface area (Å²) in [6.45, 7) is 0.663. The van der Waals surface area contributed by atoms with Gasteiger partial charge in [0.25, 0.3) is 0 Å². The molecule has 86 valence electrons. The van der Waals surface area contributed by atoms with Crippen molar-refractivity contribution in [2.75, 3.05) is 11.9 Å². The average Bonchev–Trinajstić information content (AvgIpc) is 2.95. The van der Waals surface area contributed by atoms with E-state index in [0.717, 1.165) is 18.9 Å². The largest absolute Gasteiger partial charge is 0.379 e. The van der Waals surface area contributed by atoms with Crippen molar-refractivity contribution < 1.29 is 9.31 Å². The van der Waals surface area contributed by atoms with Crippen LogP contribution in [-0.4, -0.2) is 11.5 Å². The quantitative estimate of drug-likeness (QED) is 0.683. The molecular formula is C10H10BrFN2O2. The minimum atomic E-state index is -0.822. The highest BCUT2D eigenvalue weighted by Crippen LogP contribution is 2.34. The lowest BCUT2D eigenvalue weighted by molar-refractivity contribution is -0.386. The van der Waals surface area contributed by atoms with Crippen LogP contribution in [0.3, 0.4) is 0 Å². The van der Waals surface area contributed by atoms with Gasteiger partial charge in [-0.25, -0.2) is 0 Å². The van der Waals surface area contributed by atoms with Gasteiger partial charge in [0.05, 0.1) is 4.92 Å². The molecule has 1 N–H and O–H groups in total. The summed E-state index contributed by atoms with van der Waals surface area (Å²) in [7, 11) is 0. The molecule has 1 saturated carbocycles. The summed E-state index contributed by atoms with van der Waals surface area (Å²) in [5.74, 6) is -0.251. The van der Waals surface area contributed by atoms with Gasteiger partial charge in [-0.2, -0.15) is 4.39 Å². The maximum Gasteiger partial charge on any atom is 0.327 e. The van der Waals surface area contributed by atoms with E-state index in [1.54, 1.807) is 0 Å². The van der Waals surface area contributed by atoms with Gasteiger partial charge in [0, 0.05) is 11.0 Å². The predicted molar refractivity (Wildman–Crippen MR) is 62.0 cm³/mol. The Bertz CT molecular complexity index is 435. The van der Waals surface area contributed by atoms with Gasteiger partial charge in [-0.15, -0.1) is 0 Å². The second kappa shape index (κ2) is 4.37. The van der Waals surface area contributed by atoms with Crippen LogP contribution in [0.4, 0.5) is 15.8 Å². The third kappa shape index (κ3) is 2.49. The number of benzene rings is 1. The molecule has 1 aliphatic rings. The lowest BCUT2D eigenvalue weighted by atomic mass is 10.2. The fraction of sp³-hybridized carbons (Fsp3) is 0.400. The van der Waals surface area contributed by atoms with Crippen LogP contribution >= 0.6 is 15.9 Å². The van der Waals surface area contributed by atoms with Crippen LogP contribution in [0, 0.1) is 21.8 Å². The van der Waals surface area contributed by atoms with Crippen molar-refractivity contribution in [3.8, 4) is 0 Å². The summed E-state index contributed by atoms with van der Waals surface area (Å²) in [5.41, 5.74) is -0.243. The molecule has 0 unspecified atom stereocenters. The number of hydrogen-bond donors (Lipinski definition) is 1. The number of anilines is 1. The van der Waals surface area contributed by atoms with Gasteiger partial charge in [-0.3, -0.25) is 10.1 Å². The lowest BCUT2D eigenvalue weighted by Crippen LogP contribution is -2.07. The smallest absolute Gasteiger partial charge is 0.327 e. The molecule has 0 radical (unpaired) electrons. The van der Waals surface area contributed by atoms with E-state index < -0.39 is 16.4 Å². The van der Waals surface area contributed by atoms with Gasteiger partial charge in [-0.1, -0.05) is 15.9 Å². The maximum absolute atomic E-state index is 13.4. The van der Waals surface area contributed by atoms with E-state index in [-0.39, 0.29) is 5.69 Å². The van der Waals surface area contributed by atoms with Crippen LogP contribution in [-0.2, 0) is 0 Å². The molecule has 6 heteroatoms. The lowest BCUT2D eigenvalue weighted by Gasteiger charge is -2.07. The minimum Gasteiger partial charge on any atom is -0.379 e. The second-order valence-electron chi connectivity index (χ2n) is 3.87. The maximum atomic E-state index is 13.4. The zero-order valence-corrected chi connectivity index (χ0v) is 9.96. The number of nitrogens with zero attached hydrogens (tertiary/aromatic N) is 1. The molecule has 4 nitrogen and oxygen atoms in total. The van der Waals surface area contributed by atoms with E-state index in [4.69, 9.17) is 0 Å². The molecule has 1 fully saturated rings. The van der Waals surface area contributed by atoms with Crippen molar-refractivity contribution in [3.05, 3.63) is 32.5 Å². The van der Waals surface area contributed by atoms with E-state index >= 15 is 0 Å². The summed E-state index contributed by atoms with van der Waals surface area (Å²) in [5, 5.41) is 13.7. The molecule has 0 bridgehead atoms. The molecule has 0 atom stereocenters. The van der Waals surface area contributed by atoms with Crippen molar-refractivity contribution >= 4 is 27.3 Å². The van der Waals surface area contributed by atoms with Crippen molar-refractivity contribution in [2.24, 2.45) is 5.92 Å². The van der Waals surface area contributed by atoms with Crippen molar-refractivity contribution in [1.82, 2.24) is 0 Å². The Hall–Kier alpha value is -1.17. The third-order valence-corrected chi connectivity index (χ3v) is 2.95. The Morgan fingerprint density at radius 1 is 1.56 bits per heavy atom. The molecule has 1 aromatic carbocycles. The Kier molecular flexibility index (Phi) is 3.09. The topological polar surface area (TPSA) is 55.2 Å². The van der Waals surface area contributed by atoms with Crippen molar-refractivity contribution in [1.29, 1.82) is 0 Å². The molecular weight excluding hydrogens is 279 g/mol. The first-order valence-electron chi connectivity index (χ1n) is 4.95. The highest BCUT2D eigenvalue weighted by Gasteiger charge is 2.25. The summed E-state index contributed by atoms with van der Waals surface area (Å²) in [4.78, 5) is 10.0. The average molecular weight is 289 g/mol. The van der Waals surface area contributed by atoms with Crippen LogP contribution in [0.5, 0.6) is 0 Å². The van der Waals surface area contributed by atoms with E-state index in [9.17, 15) is 14.5 Å². The number of halogens is 2. The standard InChI is InChI=1S/C10H10BrFN2O2/c11-7-3-8(12)10(14(15)16)9(4-7)13-5-6-1-2-6/h3-4,6,13H,1-2,5H2. The molecule has 0 aliphatic heterocycles. The third-order valence-electron chi connectivity index (χ3n) is 2.49. The summed E-state index contributed by atoms with van der Waals surface area (Å²) in [6.07, 6.45) is 2.27. The van der Waals surface area contributed by atoms with E-state index in [2.05, 4.69) is 21.2 Å². The Morgan fingerprint density at radius 3 is 2.81 bits per heavy atom. The first-order chi connectivity index (χ1) is 7.58. The molecule has 0 amide bonds. The number of nitro groups is 1. The van der Waals surface area contributed by atoms with Gasteiger partial charge in [0.2, 0.25) is 5.82 Å². The van der Waals surface area contributed by atoms with Crippen LogP contribution in [0.25, 0.3) is 0 Å². The number of nitrogens with one attached hydrogen (secondary N) is 1. The molecule has 0 heterocycles. The van der Waals surface area contributed by atoms with E-state index in [0.29, 0.717) is 16.9 Å². The number of rotatable bonds is 4. The summed E-state index contributed by atoms with van der Waals surface area (Å²) >= 11 is 3.12. The zero-order chi connectivity index (χ0) is 11.7. The normalized spacial score (nSPS) is 14.9. The Morgan fingerprint density at radius 2 is 2.25 bits per heavy atom. The van der Waals surface area contributed by atoms with Gasteiger partial charge in [-0.05, 0) is 30.9 Å². The minimum absolute atomic E-state index is 0.240. The highest BCUT2D eigenvalue weighted by molar-refractivity contribution is 9.10. The monoisotopic (exact) mass is 288 g/mol. The van der Waals surface area contributed by atoms with Crippen LogP contribution in [0.2, 0.25) is 0 Å². The highest BCUT2D eigenvalue weighted by atomic mass is 79.9.